The highest BCUT2D eigenvalue weighted by atomic mass is 16.2. The third-order valence-electron chi connectivity index (χ3n) is 5.57. The monoisotopic (exact) mass is 395 g/mol. The van der Waals surface area contributed by atoms with Crippen LogP contribution in [0.15, 0.2) is 48.5 Å². The number of carbonyl (C=O) groups is 2. The van der Waals surface area contributed by atoms with Crippen molar-refractivity contribution >= 4 is 17.5 Å². The molecule has 3 rings (SSSR count). The second-order valence-corrected chi connectivity index (χ2v) is 7.71. The number of anilines is 1. The van der Waals surface area contributed by atoms with Crippen LogP contribution < -0.4 is 20.4 Å². The van der Waals surface area contributed by atoms with E-state index in [0.29, 0.717) is 13.1 Å². The van der Waals surface area contributed by atoms with Crippen molar-refractivity contribution in [2.45, 2.75) is 25.9 Å². The average molecular weight is 396 g/mol. The van der Waals surface area contributed by atoms with Gasteiger partial charge in [-0.15, -0.1) is 0 Å². The van der Waals surface area contributed by atoms with Crippen molar-refractivity contribution in [2.24, 2.45) is 0 Å². The number of fused-ring (bicyclic) bond motifs is 1. The summed E-state index contributed by atoms with van der Waals surface area (Å²) < 4.78 is 0. The van der Waals surface area contributed by atoms with E-state index in [-0.39, 0.29) is 6.04 Å². The highest BCUT2D eigenvalue weighted by Gasteiger charge is 2.29. The van der Waals surface area contributed by atoms with Crippen LogP contribution in [0.25, 0.3) is 0 Å². The van der Waals surface area contributed by atoms with Crippen molar-refractivity contribution in [1.29, 1.82) is 0 Å². The van der Waals surface area contributed by atoms with Gasteiger partial charge in [0.2, 0.25) is 0 Å². The Labute approximate surface area is 172 Å². The first-order valence-electron chi connectivity index (χ1n) is 10.2. The summed E-state index contributed by atoms with van der Waals surface area (Å²) >= 11 is 0. The zero-order valence-corrected chi connectivity index (χ0v) is 17.5. The molecule has 0 fully saturated rings. The molecular formula is C23H31N4O2+. The molecule has 0 aliphatic carbocycles. The number of nitrogens with one attached hydrogen (secondary N) is 3. The molecule has 0 saturated heterocycles. The molecule has 29 heavy (non-hydrogen) atoms. The van der Waals surface area contributed by atoms with Crippen molar-refractivity contribution in [3.8, 4) is 0 Å². The fourth-order valence-electron chi connectivity index (χ4n) is 3.92. The Morgan fingerprint density at radius 3 is 2.31 bits per heavy atom. The minimum atomic E-state index is -0.576. The molecule has 2 atom stereocenters. The Morgan fingerprint density at radius 2 is 1.66 bits per heavy atom. The lowest BCUT2D eigenvalue weighted by atomic mass is 9.96. The number of rotatable bonds is 6. The van der Waals surface area contributed by atoms with E-state index >= 15 is 0 Å². The Balaban J connectivity index is 1.80. The van der Waals surface area contributed by atoms with E-state index in [1.165, 1.54) is 21.6 Å². The van der Waals surface area contributed by atoms with Gasteiger partial charge in [0.15, 0.2) is 0 Å². The molecule has 1 aliphatic rings. The summed E-state index contributed by atoms with van der Waals surface area (Å²) in [5.41, 5.74) is 5.07. The molecule has 0 saturated carbocycles. The lowest BCUT2D eigenvalue weighted by molar-refractivity contribution is -0.945. The summed E-state index contributed by atoms with van der Waals surface area (Å²) in [5, 5.41) is 5.40. The van der Waals surface area contributed by atoms with Gasteiger partial charge in [-0.2, -0.15) is 0 Å². The highest BCUT2D eigenvalue weighted by Crippen LogP contribution is 2.18. The fraction of sp³-hybridized carbons (Fsp3) is 0.391. The maximum Gasteiger partial charge on any atom is 0.309 e. The third kappa shape index (κ3) is 5.15. The van der Waals surface area contributed by atoms with Crippen LogP contribution >= 0.6 is 0 Å². The van der Waals surface area contributed by atoms with Gasteiger partial charge < -0.3 is 20.4 Å². The molecule has 3 N–H and O–H groups in total. The smallest absolute Gasteiger partial charge is 0.309 e. The van der Waals surface area contributed by atoms with Crippen LogP contribution in [0.4, 0.5) is 5.69 Å². The predicted molar refractivity (Wildman–Crippen MR) is 115 cm³/mol. The fourth-order valence-corrected chi connectivity index (χ4v) is 3.92. The van der Waals surface area contributed by atoms with E-state index in [2.05, 4.69) is 64.1 Å². The van der Waals surface area contributed by atoms with Gasteiger partial charge in [-0.05, 0) is 24.6 Å². The van der Waals surface area contributed by atoms with E-state index in [4.69, 9.17) is 0 Å². The molecule has 0 spiro atoms. The summed E-state index contributed by atoms with van der Waals surface area (Å²) in [5.74, 6) is -1.15. The topological polar surface area (TPSA) is 65.9 Å². The number of amides is 2. The molecule has 6 nitrogen and oxygen atoms in total. The zero-order valence-electron chi connectivity index (χ0n) is 17.5. The van der Waals surface area contributed by atoms with E-state index in [1.807, 2.05) is 14.1 Å². The lowest BCUT2D eigenvalue weighted by Gasteiger charge is -2.33. The molecule has 1 heterocycles. The van der Waals surface area contributed by atoms with E-state index in [9.17, 15) is 9.59 Å². The van der Waals surface area contributed by atoms with Crippen molar-refractivity contribution in [3.05, 3.63) is 65.2 Å². The first kappa shape index (κ1) is 20.9. The standard InChI is InChI=1S/C23H30N4O2/c1-4-24-22(28)23(29)25-15-21(18-9-11-20(12-10-18)26(2)3)27-14-13-17-7-5-6-8-19(17)16-27/h5-12,21H,4,13-16H2,1-3H3,(H,24,28)(H,25,29)/p+1/t21-/m1/s1. The van der Waals surface area contributed by atoms with Gasteiger partial charge >= 0.3 is 11.8 Å². The van der Waals surface area contributed by atoms with Crippen LogP contribution in [-0.2, 0) is 22.6 Å². The van der Waals surface area contributed by atoms with Crippen molar-refractivity contribution in [2.75, 3.05) is 38.6 Å². The number of hydrogen-bond donors (Lipinski definition) is 3. The number of nitrogens with zero attached hydrogens (tertiary/aromatic N) is 1. The number of carbonyl (C=O) groups excluding carboxylic acids is 2. The molecule has 2 amide bonds. The second kappa shape index (κ2) is 9.56. The first-order chi connectivity index (χ1) is 14.0. The number of benzene rings is 2. The summed E-state index contributed by atoms with van der Waals surface area (Å²) in [7, 11) is 4.04. The molecule has 0 aromatic heterocycles. The van der Waals surface area contributed by atoms with E-state index < -0.39 is 11.8 Å². The Morgan fingerprint density at radius 1 is 1.00 bits per heavy atom. The molecule has 2 aromatic carbocycles. The minimum Gasteiger partial charge on any atom is -0.378 e. The molecule has 0 bridgehead atoms. The van der Waals surface area contributed by atoms with Gasteiger partial charge in [-0.1, -0.05) is 36.4 Å². The van der Waals surface area contributed by atoms with E-state index in [0.717, 1.165) is 25.2 Å². The normalized spacial score (nSPS) is 16.4. The Bertz CT molecular complexity index is 848. The Kier molecular flexibility index (Phi) is 6.88. The zero-order chi connectivity index (χ0) is 20.8. The van der Waals surface area contributed by atoms with Crippen molar-refractivity contribution in [3.63, 3.8) is 0 Å². The number of likely N-dealkylation sites (N-methyl/N-ethyl adjacent to an activating group) is 1. The van der Waals surface area contributed by atoms with Crippen LogP contribution in [0.1, 0.15) is 29.7 Å². The molecular weight excluding hydrogens is 364 g/mol. The Hall–Kier alpha value is -2.86. The quantitative estimate of drug-likeness (QED) is 0.631. The van der Waals surface area contributed by atoms with Crippen LogP contribution in [0, 0.1) is 0 Å². The highest BCUT2D eigenvalue weighted by molar-refractivity contribution is 6.35. The van der Waals surface area contributed by atoms with Gasteiger partial charge in [0.1, 0.15) is 12.6 Å². The van der Waals surface area contributed by atoms with Gasteiger partial charge in [0.25, 0.3) is 0 Å². The molecule has 2 aromatic rings. The number of quaternary nitrogens is 1. The third-order valence-corrected chi connectivity index (χ3v) is 5.57. The second-order valence-electron chi connectivity index (χ2n) is 7.71. The SMILES string of the molecule is CCNC(=O)C(=O)NC[C@H](c1ccc(N(C)C)cc1)[NH+]1CCc2ccccc2C1. The van der Waals surface area contributed by atoms with Gasteiger partial charge in [-0.25, -0.2) is 0 Å². The molecule has 0 radical (unpaired) electrons. The van der Waals surface area contributed by atoms with Crippen LogP contribution in [0.5, 0.6) is 0 Å². The van der Waals surface area contributed by atoms with Crippen LogP contribution in [-0.4, -0.2) is 45.5 Å². The average Bonchev–Trinajstić information content (AvgIpc) is 2.74. The van der Waals surface area contributed by atoms with Gasteiger partial charge in [-0.3, -0.25) is 9.59 Å². The van der Waals surface area contributed by atoms with Crippen molar-refractivity contribution < 1.29 is 14.5 Å². The molecule has 1 aliphatic heterocycles. The lowest BCUT2D eigenvalue weighted by Crippen LogP contribution is -3.12. The molecule has 6 heteroatoms. The van der Waals surface area contributed by atoms with Crippen molar-refractivity contribution in [1.82, 2.24) is 10.6 Å². The van der Waals surface area contributed by atoms with Gasteiger partial charge in [0.05, 0.1) is 13.1 Å². The summed E-state index contributed by atoms with van der Waals surface area (Å²) in [6.07, 6.45) is 1.02. The predicted octanol–water partition coefficient (Wildman–Crippen LogP) is 0.687. The van der Waals surface area contributed by atoms with Crippen LogP contribution in [0.3, 0.4) is 0 Å². The molecule has 154 valence electrons. The first-order valence-corrected chi connectivity index (χ1v) is 10.2. The summed E-state index contributed by atoms with van der Waals surface area (Å²) in [4.78, 5) is 27.4. The maximum absolute atomic E-state index is 12.2. The maximum atomic E-state index is 12.2. The van der Waals surface area contributed by atoms with Crippen LogP contribution in [0.2, 0.25) is 0 Å². The largest absolute Gasteiger partial charge is 0.378 e. The minimum absolute atomic E-state index is 0.0814. The van der Waals surface area contributed by atoms with E-state index in [1.54, 1.807) is 6.92 Å². The summed E-state index contributed by atoms with van der Waals surface area (Å²) in [6.45, 7) is 4.57. The van der Waals surface area contributed by atoms with Gasteiger partial charge in [0, 0.05) is 43.9 Å². The number of hydrogen-bond acceptors (Lipinski definition) is 3. The summed E-state index contributed by atoms with van der Waals surface area (Å²) in [6, 6.07) is 17.1. The molecule has 1 unspecified atom stereocenters.